The molecule has 0 atom stereocenters. The van der Waals surface area contributed by atoms with Gasteiger partial charge >= 0.3 is 0 Å². The van der Waals surface area contributed by atoms with Crippen LogP contribution in [0.4, 0.5) is 0 Å². The maximum absolute atomic E-state index is 13.2. The highest BCUT2D eigenvalue weighted by Gasteiger charge is 2.23. The fourth-order valence-corrected chi connectivity index (χ4v) is 3.45. The van der Waals surface area contributed by atoms with Gasteiger partial charge in [-0.05, 0) is 50.2 Å². The van der Waals surface area contributed by atoms with Gasteiger partial charge in [0.05, 0.1) is 35.6 Å². The van der Waals surface area contributed by atoms with Crippen LogP contribution in [0.1, 0.15) is 24.3 Å². The van der Waals surface area contributed by atoms with Crippen LogP contribution in [-0.4, -0.2) is 47.9 Å². The van der Waals surface area contributed by atoms with Gasteiger partial charge in [0.25, 0.3) is 5.91 Å². The van der Waals surface area contributed by atoms with Gasteiger partial charge in [0, 0.05) is 24.7 Å². The van der Waals surface area contributed by atoms with E-state index < -0.39 is 0 Å². The molecule has 1 amide bonds. The SMILES string of the molecule is CCN(CC)C(=O)c1cc(-c2ccc(OC)cc2OC)nn1-c1ccc(Cl)c(Cl)c1. The molecule has 0 radical (unpaired) electrons. The molecule has 0 aliphatic carbocycles. The standard InChI is InChI=1S/C22H23Cl2N3O3/c1-5-26(6-2)22(28)20-13-19(16-9-8-15(29-3)12-21(16)30-4)25-27(20)14-7-10-17(23)18(24)11-14/h7-13H,5-6H2,1-4H3. The van der Waals surface area contributed by atoms with Crippen LogP contribution in [0, 0.1) is 0 Å². The fraction of sp³-hybridized carbons (Fsp3) is 0.273. The number of ether oxygens (including phenoxy) is 2. The van der Waals surface area contributed by atoms with Crippen molar-refractivity contribution in [3.63, 3.8) is 0 Å². The van der Waals surface area contributed by atoms with E-state index in [1.807, 2.05) is 26.0 Å². The summed E-state index contributed by atoms with van der Waals surface area (Å²) < 4.78 is 12.4. The van der Waals surface area contributed by atoms with E-state index in [1.54, 1.807) is 54.1 Å². The van der Waals surface area contributed by atoms with Gasteiger partial charge in [-0.2, -0.15) is 5.10 Å². The third-order valence-corrected chi connectivity index (χ3v) is 5.55. The fourth-order valence-electron chi connectivity index (χ4n) is 3.16. The lowest BCUT2D eigenvalue weighted by molar-refractivity contribution is 0.0764. The number of benzene rings is 2. The summed E-state index contributed by atoms with van der Waals surface area (Å²) in [7, 11) is 3.17. The molecule has 6 nitrogen and oxygen atoms in total. The van der Waals surface area contributed by atoms with Gasteiger partial charge in [-0.25, -0.2) is 4.68 Å². The molecule has 0 saturated heterocycles. The Kier molecular flexibility index (Phi) is 6.90. The molecule has 0 fully saturated rings. The Morgan fingerprint density at radius 1 is 1.00 bits per heavy atom. The lowest BCUT2D eigenvalue weighted by atomic mass is 10.1. The quantitative estimate of drug-likeness (QED) is 0.489. The second kappa shape index (κ2) is 9.41. The molecule has 3 aromatic rings. The number of aromatic nitrogens is 2. The molecule has 0 N–H and O–H groups in total. The van der Waals surface area contributed by atoms with Crippen LogP contribution in [0.2, 0.25) is 10.0 Å². The average molecular weight is 448 g/mol. The van der Waals surface area contributed by atoms with Gasteiger partial charge in [-0.3, -0.25) is 4.79 Å². The zero-order valence-electron chi connectivity index (χ0n) is 17.3. The van der Waals surface area contributed by atoms with Crippen LogP contribution >= 0.6 is 23.2 Å². The molecule has 0 aliphatic rings. The number of rotatable bonds is 7. The van der Waals surface area contributed by atoms with Crippen LogP contribution in [0.25, 0.3) is 16.9 Å². The Morgan fingerprint density at radius 3 is 2.33 bits per heavy atom. The topological polar surface area (TPSA) is 56.6 Å². The van der Waals surface area contributed by atoms with Gasteiger partial charge in [-0.15, -0.1) is 0 Å². The highest BCUT2D eigenvalue weighted by Crippen LogP contribution is 2.34. The molecule has 0 spiro atoms. The summed E-state index contributed by atoms with van der Waals surface area (Å²) >= 11 is 12.3. The average Bonchev–Trinajstić information content (AvgIpc) is 3.21. The Bertz CT molecular complexity index is 1060. The highest BCUT2D eigenvalue weighted by molar-refractivity contribution is 6.42. The van der Waals surface area contributed by atoms with Crippen molar-refractivity contribution in [1.82, 2.24) is 14.7 Å². The van der Waals surface area contributed by atoms with Gasteiger partial charge in [0.15, 0.2) is 0 Å². The summed E-state index contributed by atoms with van der Waals surface area (Å²) in [5.74, 6) is 1.13. The first-order valence-electron chi connectivity index (χ1n) is 9.50. The number of methoxy groups -OCH3 is 2. The monoisotopic (exact) mass is 447 g/mol. The van der Waals surface area contributed by atoms with E-state index in [4.69, 9.17) is 37.8 Å². The molecule has 158 valence electrons. The van der Waals surface area contributed by atoms with Gasteiger partial charge in [0.2, 0.25) is 0 Å². The predicted octanol–water partition coefficient (Wildman–Crippen LogP) is 5.35. The van der Waals surface area contributed by atoms with E-state index in [0.29, 0.717) is 51.7 Å². The van der Waals surface area contributed by atoms with Crippen LogP contribution in [0.15, 0.2) is 42.5 Å². The van der Waals surface area contributed by atoms with E-state index in [1.165, 1.54) is 0 Å². The second-order valence-electron chi connectivity index (χ2n) is 6.47. The van der Waals surface area contributed by atoms with Crippen molar-refractivity contribution in [2.24, 2.45) is 0 Å². The van der Waals surface area contributed by atoms with Gasteiger partial charge < -0.3 is 14.4 Å². The van der Waals surface area contributed by atoms with Crippen molar-refractivity contribution in [3.8, 4) is 28.4 Å². The number of halogens is 2. The minimum atomic E-state index is -0.127. The summed E-state index contributed by atoms with van der Waals surface area (Å²) in [5, 5.41) is 5.52. The molecule has 1 aromatic heterocycles. The van der Waals surface area contributed by atoms with Crippen LogP contribution in [-0.2, 0) is 0 Å². The van der Waals surface area contributed by atoms with Crippen LogP contribution in [0.3, 0.4) is 0 Å². The molecule has 8 heteroatoms. The summed E-state index contributed by atoms with van der Waals surface area (Å²) in [4.78, 5) is 14.9. The number of amides is 1. The number of carbonyl (C=O) groups excluding carboxylic acids is 1. The van der Waals surface area contributed by atoms with Crippen molar-refractivity contribution in [2.75, 3.05) is 27.3 Å². The summed E-state index contributed by atoms with van der Waals surface area (Å²) in [6.07, 6.45) is 0. The maximum atomic E-state index is 13.2. The van der Waals surface area contributed by atoms with Crippen molar-refractivity contribution in [1.29, 1.82) is 0 Å². The van der Waals surface area contributed by atoms with Crippen LogP contribution in [0.5, 0.6) is 11.5 Å². The summed E-state index contributed by atoms with van der Waals surface area (Å²) in [6, 6.07) is 12.3. The Morgan fingerprint density at radius 2 is 1.73 bits per heavy atom. The predicted molar refractivity (Wildman–Crippen MR) is 119 cm³/mol. The molecular formula is C22H23Cl2N3O3. The number of carbonyl (C=O) groups is 1. The molecule has 0 saturated carbocycles. The molecule has 2 aromatic carbocycles. The summed E-state index contributed by atoms with van der Waals surface area (Å²) in [5.41, 5.74) is 2.39. The third-order valence-electron chi connectivity index (χ3n) is 4.81. The molecule has 3 rings (SSSR count). The lowest BCUT2D eigenvalue weighted by Crippen LogP contribution is -2.32. The maximum Gasteiger partial charge on any atom is 0.272 e. The molecule has 1 heterocycles. The van der Waals surface area contributed by atoms with Gasteiger partial charge in [0.1, 0.15) is 17.2 Å². The normalized spacial score (nSPS) is 10.7. The van der Waals surface area contributed by atoms with Crippen molar-refractivity contribution >= 4 is 29.1 Å². The van der Waals surface area contributed by atoms with Crippen molar-refractivity contribution < 1.29 is 14.3 Å². The second-order valence-corrected chi connectivity index (χ2v) is 7.28. The minimum absolute atomic E-state index is 0.127. The van der Waals surface area contributed by atoms with Crippen molar-refractivity contribution in [2.45, 2.75) is 13.8 Å². The first-order chi connectivity index (χ1) is 14.4. The number of hydrogen-bond donors (Lipinski definition) is 0. The zero-order chi connectivity index (χ0) is 21.8. The third kappa shape index (κ3) is 4.25. The Labute approximate surface area is 185 Å². The molecule has 30 heavy (non-hydrogen) atoms. The minimum Gasteiger partial charge on any atom is -0.497 e. The lowest BCUT2D eigenvalue weighted by Gasteiger charge is -2.19. The highest BCUT2D eigenvalue weighted by atomic mass is 35.5. The Hall–Kier alpha value is -2.70. The van der Waals surface area contributed by atoms with E-state index >= 15 is 0 Å². The van der Waals surface area contributed by atoms with E-state index in [-0.39, 0.29) is 5.91 Å². The largest absolute Gasteiger partial charge is 0.497 e. The zero-order valence-corrected chi connectivity index (χ0v) is 18.8. The summed E-state index contributed by atoms with van der Waals surface area (Å²) in [6.45, 7) is 5.05. The van der Waals surface area contributed by atoms with Gasteiger partial charge in [-0.1, -0.05) is 23.2 Å². The van der Waals surface area contributed by atoms with Crippen LogP contribution < -0.4 is 9.47 Å². The van der Waals surface area contributed by atoms with E-state index in [9.17, 15) is 4.79 Å². The molecule has 0 aliphatic heterocycles. The first-order valence-corrected chi connectivity index (χ1v) is 10.3. The number of nitrogens with zero attached hydrogens (tertiary/aromatic N) is 3. The molecule has 0 bridgehead atoms. The Balaban J connectivity index is 2.20. The van der Waals surface area contributed by atoms with E-state index in [0.717, 1.165) is 5.56 Å². The smallest absolute Gasteiger partial charge is 0.272 e. The molecular weight excluding hydrogens is 425 g/mol. The number of hydrogen-bond acceptors (Lipinski definition) is 4. The van der Waals surface area contributed by atoms with E-state index in [2.05, 4.69) is 0 Å². The van der Waals surface area contributed by atoms with Crippen molar-refractivity contribution in [3.05, 3.63) is 58.2 Å². The first kappa shape index (κ1) is 22.0. The molecule has 0 unspecified atom stereocenters.